The summed E-state index contributed by atoms with van der Waals surface area (Å²) in [7, 11) is 1.33. The van der Waals surface area contributed by atoms with E-state index in [2.05, 4.69) is 44.2 Å². The number of rotatable bonds is 6. The van der Waals surface area contributed by atoms with Crippen molar-refractivity contribution in [1.82, 2.24) is 0 Å². The maximum Gasteiger partial charge on any atom is 0.332 e. The Labute approximate surface area is 190 Å². The summed E-state index contributed by atoms with van der Waals surface area (Å²) in [5.74, 6) is -2.79. The minimum Gasteiger partial charge on any atom is -0.481 e. The highest BCUT2D eigenvalue weighted by Gasteiger charge is 2.07. The summed E-state index contributed by atoms with van der Waals surface area (Å²) in [5, 5.41) is 23.6. The van der Waals surface area contributed by atoms with Gasteiger partial charge in [0.2, 0.25) is 0 Å². The monoisotopic (exact) mass is 441 g/mol. The molecular formula is C25H31NO6. The predicted octanol–water partition coefficient (Wildman–Crippen LogP) is 5.22. The first-order chi connectivity index (χ1) is 15.0. The quantitative estimate of drug-likeness (QED) is 0.268. The first kappa shape index (κ1) is 35.0. The largest absolute Gasteiger partial charge is 0.481 e. The SMILES string of the molecule is C=C(C)C(=O)OC.C=C(CC(=O)O)C(=O)O.C=CC#N.C=CC=C.C=Cc1ccccc1. The van der Waals surface area contributed by atoms with Crippen LogP contribution in [0.15, 0.2) is 99.2 Å². The second-order valence-electron chi connectivity index (χ2n) is 5.17. The number of nitrogens with zero attached hydrogens (tertiary/aromatic N) is 1. The van der Waals surface area contributed by atoms with E-state index < -0.39 is 18.4 Å². The molecule has 7 heteroatoms. The van der Waals surface area contributed by atoms with Crippen LogP contribution in [0.4, 0.5) is 0 Å². The molecule has 0 aliphatic heterocycles. The average molecular weight is 442 g/mol. The molecule has 0 spiro atoms. The molecule has 0 aliphatic carbocycles. The second-order valence-corrected chi connectivity index (χ2v) is 5.17. The van der Waals surface area contributed by atoms with Crippen molar-refractivity contribution in [3.05, 3.63) is 105 Å². The molecule has 0 unspecified atom stereocenters. The molecule has 0 saturated heterocycles. The van der Waals surface area contributed by atoms with Crippen LogP contribution in [-0.4, -0.2) is 35.2 Å². The Bertz CT molecular complexity index is 795. The first-order valence-corrected chi connectivity index (χ1v) is 8.76. The predicted molar refractivity (Wildman–Crippen MR) is 129 cm³/mol. The van der Waals surface area contributed by atoms with E-state index in [4.69, 9.17) is 15.5 Å². The Morgan fingerprint density at radius 2 is 1.47 bits per heavy atom. The number of ether oxygens (including phenoxy) is 1. The van der Waals surface area contributed by atoms with E-state index in [-0.39, 0.29) is 11.5 Å². The highest BCUT2D eigenvalue weighted by atomic mass is 16.5. The van der Waals surface area contributed by atoms with Crippen molar-refractivity contribution >= 4 is 24.0 Å². The number of allylic oxidation sites excluding steroid dienone is 3. The number of carbonyl (C=O) groups is 3. The Balaban J connectivity index is -0.000000159. The standard InChI is InChI=1S/C8H8.C5H6O4.C5H8O2.C4H6.C3H3N/c1-2-8-6-4-3-5-7-8;1-3(5(8)9)2-4(6)7;1-4(2)5(6)7-3;1-3-4-2;1-2-3-4/h2-7H,1H2;1-2H2,(H,6,7)(H,8,9);1H2,2-3H3;3-4H,1-2H2;2H,1H2. The van der Waals surface area contributed by atoms with Gasteiger partial charge in [-0.1, -0.05) is 88.0 Å². The summed E-state index contributed by atoms with van der Waals surface area (Å²) in [6.07, 6.45) is 5.79. The molecule has 0 aromatic heterocycles. The second kappa shape index (κ2) is 26.6. The van der Waals surface area contributed by atoms with Crippen molar-refractivity contribution in [1.29, 1.82) is 5.26 Å². The Hall–Kier alpha value is -4.44. The number of aliphatic carboxylic acids is 2. The lowest BCUT2D eigenvalue weighted by Gasteiger charge is -1.91. The molecule has 32 heavy (non-hydrogen) atoms. The number of carboxylic acid groups (broad SMARTS) is 2. The summed E-state index contributed by atoms with van der Waals surface area (Å²) in [4.78, 5) is 29.9. The lowest BCUT2D eigenvalue weighted by Crippen LogP contribution is -2.04. The molecule has 0 bridgehead atoms. The van der Waals surface area contributed by atoms with Gasteiger partial charge in [0.15, 0.2) is 0 Å². The van der Waals surface area contributed by atoms with Crippen LogP contribution in [0.1, 0.15) is 18.9 Å². The van der Waals surface area contributed by atoms with Crippen LogP contribution in [0.25, 0.3) is 6.08 Å². The zero-order chi connectivity index (χ0) is 25.9. The van der Waals surface area contributed by atoms with Gasteiger partial charge in [-0.3, -0.25) is 4.79 Å². The topological polar surface area (TPSA) is 125 Å². The molecule has 2 N–H and O–H groups in total. The fourth-order valence-electron chi connectivity index (χ4n) is 1.02. The van der Waals surface area contributed by atoms with Crippen molar-refractivity contribution in [3.63, 3.8) is 0 Å². The molecule has 172 valence electrons. The molecule has 1 rings (SSSR count). The molecule has 0 saturated carbocycles. The Kier molecular flexibility index (Phi) is 29.1. The number of hydrogen-bond acceptors (Lipinski definition) is 5. The summed E-state index contributed by atoms with van der Waals surface area (Å²) in [6, 6.07) is 11.7. The van der Waals surface area contributed by atoms with Gasteiger partial charge in [0.25, 0.3) is 0 Å². The summed E-state index contributed by atoms with van der Waals surface area (Å²) >= 11 is 0. The van der Waals surface area contributed by atoms with E-state index in [9.17, 15) is 14.4 Å². The van der Waals surface area contributed by atoms with Gasteiger partial charge in [0.1, 0.15) is 0 Å². The van der Waals surface area contributed by atoms with Gasteiger partial charge >= 0.3 is 17.9 Å². The van der Waals surface area contributed by atoms with Gasteiger partial charge < -0.3 is 14.9 Å². The van der Waals surface area contributed by atoms with E-state index in [1.807, 2.05) is 36.4 Å². The molecule has 0 fully saturated rings. The van der Waals surface area contributed by atoms with Crippen LogP contribution in [0.3, 0.4) is 0 Å². The molecular weight excluding hydrogens is 410 g/mol. The van der Waals surface area contributed by atoms with Crippen LogP contribution in [-0.2, 0) is 19.1 Å². The van der Waals surface area contributed by atoms with Crippen molar-refractivity contribution in [2.45, 2.75) is 13.3 Å². The molecule has 1 aromatic rings. The van der Waals surface area contributed by atoms with Gasteiger partial charge in [-0.05, 0) is 12.5 Å². The van der Waals surface area contributed by atoms with Gasteiger partial charge in [-0.2, -0.15) is 5.26 Å². The molecule has 0 aliphatic rings. The van der Waals surface area contributed by atoms with Crippen molar-refractivity contribution in [3.8, 4) is 6.07 Å². The third-order valence-corrected chi connectivity index (χ3v) is 2.49. The minimum atomic E-state index is -1.27. The van der Waals surface area contributed by atoms with Gasteiger partial charge in [-0.15, -0.1) is 0 Å². The van der Waals surface area contributed by atoms with E-state index in [1.54, 1.807) is 25.1 Å². The molecule has 0 radical (unpaired) electrons. The Morgan fingerprint density at radius 3 is 1.59 bits per heavy atom. The van der Waals surface area contributed by atoms with Gasteiger partial charge in [-0.25, -0.2) is 9.59 Å². The number of methoxy groups -OCH3 is 1. The van der Waals surface area contributed by atoms with Gasteiger partial charge in [0.05, 0.1) is 19.6 Å². The van der Waals surface area contributed by atoms with Crippen LogP contribution in [0.2, 0.25) is 0 Å². The van der Waals surface area contributed by atoms with E-state index >= 15 is 0 Å². The van der Waals surface area contributed by atoms with Gasteiger partial charge in [0, 0.05) is 17.2 Å². The van der Waals surface area contributed by atoms with Crippen LogP contribution in [0, 0.1) is 11.3 Å². The van der Waals surface area contributed by atoms with Crippen LogP contribution in [0.5, 0.6) is 0 Å². The van der Waals surface area contributed by atoms with Crippen molar-refractivity contribution < 1.29 is 29.3 Å². The van der Waals surface area contributed by atoms with Crippen molar-refractivity contribution in [2.75, 3.05) is 7.11 Å². The summed E-state index contributed by atoms with van der Waals surface area (Å²) < 4.78 is 4.27. The lowest BCUT2D eigenvalue weighted by molar-refractivity contribution is -0.139. The highest BCUT2D eigenvalue weighted by Crippen LogP contribution is 1.97. The Morgan fingerprint density at radius 1 is 1.03 bits per heavy atom. The normalized spacial score (nSPS) is 7.28. The number of esters is 1. The lowest BCUT2D eigenvalue weighted by atomic mass is 10.2. The zero-order valence-corrected chi connectivity index (χ0v) is 18.6. The van der Waals surface area contributed by atoms with E-state index in [0.717, 1.165) is 0 Å². The number of hydrogen-bond donors (Lipinski definition) is 2. The number of nitriles is 1. The number of carbonyl (C=O) groups excluding carboxylic acids is 1. The van der Waals surface area contributed by atoms with E-state index in [1.165, 1.54) is 18.7 Å². The maximum absolute atomic E-state index is 10.2. The van der Waals surface area contributed by atoms with Crippen molar-refractivity contribution in [2.24, 2.45) is 0 Å². The molecule has 1 aromatic carbocycles. The summed E-state index contributed by atoms with van der Waals surface area (Å²) in [6.45, 7) is 21.4. The maximum atomic E-state index is 10.2. The first-order valence-electron chi connectivity index (χ1n) is 8.76. The fraction of sp³-hybridized carbons (Fsp3) is 0.120. The van der Waals surface area contributed by atoms with E-state index in [0.29, 0.717) is 5.57 Å². The third-order valence-electron chi connectivity index (χ3n) is 2.49. The summed E-state index contributed by atoms with van der Waals surface area (Å²) in [5.41, 5.74) is 1.30. The molecule has 0 atom stereocenters. The molecule has 7 nitrogen and oxygen atoms in total. The van der Waals surface area contributed by atoms with Crippen LogP contribution < -0.4 is 0 Å². The smallest absolute Gasteiger partial charge is 0.332 e. The average Bonchev–Trinajstić information content (AvgIpc) is 2.79. The number of benzene rings is 1. The highest BCUT2D eigenvalue weighted by molar-refractivity contribution is 5.91. The molecule has 0 heterocycles. The fourth-order valence-corrected chi connectivity index (χ4v) is 1.02. The minimum absolute atomic E-state index is 0.303. The molecule has 0 amide bonds. The third kappa shape index (κ3) is 33.2. The van der Waals surface area contributed by atoms with Crippen LogP contribution >= 0.6 is 0 Å². The zero-order valence-electron chi connectivity index (χ0n) is 18.6. The number of carboxylic acids is 2.